The van der Waals surface area contributed by atoms with Gasteiger partial charge in [-0.25, -0.2) is 24.7 Å². The lowest BCUT2D eigenvalue weighted by atomic mass is 10.2. The van der Waals surface area contributed by atoms with Gasteiger partial charge in [-0.3, -0.25) is 0 Å². The van der Waals surface area contributed by atoms with Gasteiger partial charge < -0.3 is 5.11 Å². The largest absolute Gasteiger partial charge is 0.477 e. The van der Waals surface area contributed by atoms with Gasteiger partial charge in [-0.05, 0) is 48.5 Å². The SMILES string of the molecule is O=C(O)c1ccc2cccnc2n1.c1cnc2ncccc2c1. The molecule has 6 heteroatoms. The van der Waals surface area contributed by atoms with Crippen molar-refractivity contribution < 1.29 is 9.90 Å². The molecule has 1 N–H and O–H groups in total. The number of carbonyl (C=O) groups is 1. The molecule has 0 fully saturated rings. The Balaban J connectivity index is 0.000000140. The first-order valence-corrected chi connectivity index (χ1v) is 6.85. The summed E-state index contributed by atoms with van der Waals surface area (Å²) in [6, 6.07) is 14.6. The summed E-state index contributed by atoms with van der Waals surface area (Å²) < 4.78 is 0. The molecule has 0 aliphatic heterocycles. The first-order chi connectivity index (χ1) is 11.2. The van der Waals surface area contributed by atoms with Crippen LogP contribution in [0.15, 0.2) is 67.1 Å². The zero-order valence-electron chi connectivity index (χ0n) is 12.0. The minimum Gasteiger partial charge on any atom is -0.477 e. The number of pyridine rings is 4. The second-order valence-corrected chi connectivity index (χ2v) is 4.61. The average molecular weight is 304 g/mol. The van der Waals surface area contributed by atoms with Crippen LogP contribution in [-0.4, -0.2) is 31.0 Å². The summed E-state index contributed by atoms with van der Waals surface area (Å²) in [5, 5.41) is 10.6. The van der Waals surface area contributed by atoms with Crippen molar-refractivity contribution in [1.82, 2.24) is 19.9 Å². The van der Waals surface area contributed by atoms with Gasteiger partial charge in [-0.1, -0.05) is 0 Å². The van der Waals surface area contributed by atoms with E-state index in [0.717, 1.165) is 16.4 Å². The summed E-state index contributed by atoms with van der Waals surface area (Å²) in [5.74, 6) is -1.03. The number of fused-ring (bicyclic) bond motifs is 2. The summed E-state index contributed by atoms with van der Waals surface area (Å²) in [6.45, 7) is 0. The lowest BCUT2D eigenvalue weighted by Crippen LogP contribution is -2.00. The summed E-state index contributed by atoms with van der Waals surface area (Å²) in [4.78, 5) is 26.5. The number of aromatic carboxylic acids is 1. The fourth-order valence-corrected chi connectivity index (χ4v) is 1.98. The standard InChI is InChI=1S/C9H6N2O2.C8H6N2/c12-9(13)7-4-3-6-2-1-5-10-8(6)11-7;1-3-7-4-2-6-10-8(7)9-5-1/h1-5H,(H,12,13);1-6H. The summed E-state index contributed by atoms with van der Waals surface area (Å²) in [6.07, 6.45) is 5.08. The van der Waals surface area contributed by atoms with E-state index in [2.05, 4.69) is 19.9 Å². The van der Waals surface area contributed by atoms with E-state index >= 15 is 0 Å². The second-order valence-electron chi connectivity index (χ2n) is 4.61. The zero-order valence-corrected chi connectivity index (χ0v) is 12.0. The van der Waals surface area contributed by atoms with Crippen molar-refractivity contribution in [2.75, 3.05) is 0 Å². The summed E-state index contributed by atoms with van der Waals surface area (Å²) in [7, 11) is 0. The third-order valence-electron chi connectivity index (χ3n) is 3.06. The van der Waals surface area contributed by atoms with Gasteiger partial charge in [0.05, 0.1) is 0 Å². The molecule has 0 saturated carbocycles. The van der Waals surface area contributed by atoms with Crippen LogP contribution in [0.25, 0.3) is 22.1 Å². The molecule has 0 radical (unpaired) electrons. The molecule has 0 aliphatic carbocycles. The van der Waals surface area contributed by atoms with E-state index in [-0.39, 0.29) is 5.69 Å². The number of hydrogen-bond acceptors (Lipinski definition) is 5. The second kappa shape index (κ2) is 6.57. The van der Waals surface area contributed by atoms with Crippen molar-refractivity contribution in [3.63, 3.8) is 0 Å². The summed E-state index contributed by atoms with van der Waals surface area (Å²) >= 11 is 0. The molecule has 0 saturated heterocycles. The smallest absolute Gasteiger partial charge is 0.354 e. The molecule has 0 unspecified atom stereocenters. The molecule has 4 aromatic heterocycles. The van der Waals surface area contributed by atoms with Gasteiger partial charge in [-0.15, -0.1) is 0 Å². The maximum absolute atomic E-state index is 10.6. The first-order valence-electron chi connectivity index (χ1n) is 6.85. The predicted octanol–water partition coefficient (Wildman–Crippen LogP) is 2.96. The van der Waals surface area contributed by atoms with Crippen molar-refractivity contribution in [2.45, 2.75) is 0 Å². The third-order valence-corrected chi connectivity index (χ3v) is 3.06. The summed E-state index contributed by atoms with van der Waals surface area (Å²) in [5.41, 5.74) is 1.29. The lowest BCUT2D eigenvalue weighted by Gasteiger charge is -1.96. The monoisotopic (exact) mass is 304 g/mol. The Morgan fingerprint density at radius 3 is 1.78 bits per heavy atom. The molecular formula is C17H12N4O2. The first kappa shape index (κ1) is 14.5. The highest BCUT2D eigenvalue weighted by Gasteiger charge is 2.04. The number of nitrogens with zero attached hydrogens (tertiary/aromatic N) is 4. The van der Waals surface area contributed by atoms with Crippen molar-refractivity contribution in [2.24, 2.45) is 0 Å². The van der Waals surface area contributed by atoms with Crippen LogP contribution in [0.1, 0.15) is 10.5 Å². The van der Waals surface area contributed by atoms with Crippen LogP contribution >= 0.6 is 0 Å². The maximum atomic E-state index is 10.6. The minimum atomic E-state index is -1.03. The molecule has 6 nitrogen and oxygen atoms in total. The Hall–Kier alpha value is -3.41. The van der Waals surface area contributed by atoms with E-state index in [1.54, 1.807) is 30.7 Å². The normalized spacial score (nSPS) is 10.1. The highest BCUT2D eigenvalue weighted by Crippen LogP contribution is 2.08. The molecule has 0 spiro atoms. The van der Waals surface area contributed by atoms with Gasteiger partial charge in [0.1, 0.15) is 0 Å². The number of aromatic nitrogens is 4. The molecule has 4 rings (SSSR count). The quantitative estimate of drug-likeness (QED) is 0.581. The molecule has 23 heavy (non-hydrogen) atoms. The Bertz CT molecular complexity index is 907. The van der Waals surface area contributed by atoms with Crippen molar-refractivity contribution in [1.29, 1.82) is 0 Å². The Morgan fingerprint density at radius 1 is 0.739 bits per heavy atom. The van der Waals surface area contributed by atoms with Crippen molar-refractivity contribution in [3.05, 3.63) is 72.8 Å². The number of carboxylic acids is 1. The van der Waals surface area contributed by atoms with E-state index in [9.17, 15) is 4.79 Å². The maximum Gasteiger partial charge on any atom is 0.354 e. The van der Waals surface area contributed by atoms with Gasteiger partial charge in [-0.2, -0.15) is 0 Å². The zero-order chi connectivity index (χ0) is 16.1. The molecule has 0 amide bonds. The van der Waals surface area contributed by atoms with Gasteiger partial charge in [0.25, 0.3) is 0 Å². The fraction of sp³-hybridized carbons (Fsp3) is 0. The van der Waals surface area contributed by atoms with Gasteiger partial charge in [0.2, 0.25) is 0 Å². The van der Waals surface area contributed by atoms with Gasteiger partial charge >= 0.3 is 5.97 Å². The molecular weight excluding hydrogens is 292 g/mol. The average Bonchev–Trinajstić information content (AvgIpc) is 2.62. The van der Waals surface area contributed by atoms with E-state index in [1.165, 1.54) is 6.07 Å². The molecule has 4 heterocycles. The predicted molar refractivity (Wildman–Crippen MR) is 86.0 cm³/mol. The van der Waals surface area contributed by atoms with E-state index in [1.807, 2.05) is 30.3 Å². The van der Waals surface area contributed by atoms with E-state index in [4.69, 9.17) is 5.11 Å². The van der Waals surface area contributed by atoms with Crippen molar-refractivity contribution >= 4 is 28.0 Å². The molecule has 0 aliphatic rings. The molecule has 4 aromatic rings. The fourth-order valence-electron chi connectivity index (χ4n) is 1.98. The highest BCUT2D eigenvalue weighted by atomic mass is 16.4. The van der Waals surface area contributed by atoms with E-state index in [0.29, 0.717) is 5.65 Å². The topological polar surface area (TPSA) is 88.9 Å². The number of carboxylic acid groups (broad SMARTS) is 1. The van der Waals surface area contributed by atoms with Crippen LogP contribution in [-0.2, 0) is 0 Å². The number of rotatable bonds is 1. The Morgan fingerprint density at radius 2 is 1.26 bits per heavy atom. The van der Waals surface area contributed by atoms with Crippen LogP contribution in [0.5, 0.6) is 0 Å². The Labute approximate surface area is 131 Å². The lowest BCUT2D eigenvalue weighted by molar-refractivity contribution is 0.0691. The third kappa shape index (κ3) is 3.44. The molecule has 0 bridgehead atoms. The Kier molecular flexibility index (Phi) is 4.15. The number of hydrogen-bond donors (Lipinski definition) is 1. The van der Waals surface area contributed by atoms with Gasteiger partial charge in [0, 0.05) is 29.4 Å². The van der Waals surface area contributed by atoms with Crippen LogP contribution in [0.3, 0.4) is 0 Å². The molecule has 112 valence electrons. The molecule has 0 atom stereocenters. The minimum absolute atomic E-state index is 0.0196. The van der Waals surface area contributed by atoms with Gasteiger partial charge in [0.15, 0.2) is 17.0 Å². The van der Waals surface area contributed by atoms with Crippen LogP contribution in [0.2, 0.25) is 0 Å². The highest BCUT2D eigenvalue weighted by molar-refractivity contribution is 5.88. The molecule has 0 aromatic carbocycles. The van der Waals surface area contributed by atoms with E-state index < -0.39 is 5.97 Å². The van der Waals surface area contributed by atoms with Crippen LogP contribution < -0.4 is 0 Å². The van der Waals surface area contributed by atoms with Crippen LogP contribution in [0, 0.1) is 0 Å². The van der Waals surface area contributed by atoms with Crippen molar-refractivity contribution in [3.8, 4) is 0 Å². The van der Waals surface area contributed by atoms with Crippen LogP contribution in [0.4, 0.5) is 0 Å².